The first kappa shape index (κ1) is 24.7. The van der Waals surface area contributed by atoms with E-state index in [2.05, 4.69) is 9.64 Å². The van der Waals surface area contributed by atoms with E-state index >= 15 is 0 Å². The van der Waals surface area contributed by atoms with Crippen molar-refractivity contribution in [3.8, 4) is 10.4 Å². The molecule has 0 amide bonds. The number of nitrogens with zero attached hydrogens (tertiary/aromatic N) is 2. The SMILES string of the molecule is COC(=O)c1ccc(N(C)S(=O)(=O)c2cc(C(=O)O)sc2-c2ccc(N3CCOCC3)cc2)cc1. The van der Waals surface area contributed by atoms with E-state index in [1.807, 2.05) is 12.1 Å². The van der Waals surface area contributed by atoms with Crippen molar-refractivity contribution >= 4 is 44.7 Å². The first-order valence-corrected chi connectivity index (χ1v) is 13.0. The lowest BCUT2D eigenvalue weighted by Crippen LogP contribution is -2.36. The van der Waals surface area contributed by atoms with Crippen LogP contribution in [0.4, 0.5) is 11.4 Å². The molecule has 1 fully saturated rings. The van der Waals surface area contributed by atoms with Crippen molar-refractivity contribution in [2.24, 2.45) is 0 Å². The van der Waals surface area contributed by atoms with Crippen molar-refractivity contribution in [2.45, 2.75) is 4.90 Å². The fourth-order valence-electron chi connectivity index (χ4n) is 3.73. The minimum atomic E-state index is -4.12. The average molecular weight is 517 g/mol. The van der Waals surface area contributed by atoms with Crippen LogP contribution in [-0.4, -0.2) is 65.9 Å². The zero-order chi connectivity index (χ0) is 25.2. The summed E-state index contributed by atoms with van der Waals surface area (Å²) in [7, 11) is -1.47. The van der Waals surface area contributed by atoms with Crippen molar-refractivity contribution < 1.29 is 32.6 Å². The van der Waals surface area contributed by atoms with Crippen LogP contribution in [0.3, 0.4) is 0 Å². The van der Waals surface area contributed by atoms with Gasteiger partial charge in [0.1, 0.15) is 9.77 Å². The number of morpholine rings is 1. The smallest absolute Gasteiger partial charge is 0.345 e. The second-order valence-electron chi connectivity index (χ2n) is 7.77. The normalized spacial score (nSPS) is 13.9. The Morgan fingerprint density at radius 1 is 1.06 bits per heavy atom. The van der Waals surface area contributed by atoms with Gasteiger partial charge in [-0.05, 0) is 48.0 Å². The molecule has 35 heavy (non-hydrogen) atoms. The number of hydrogen-bond donors (Lipinski definition) is 1. The highest BCUT2D eigenvalue weighted by Gasteiger charge is 2.29. The highest BCUT2D eigenvalue weighted by Crippen LogP contribution is 2.39. The number of thiophene rings is 1. The zero-order valence-electron chi connectivity index (χ0n) is 19.1. The highest BCUT2D eigenvalue weighted by molar-refractivity contribution is 7.93. The Hall–Kier alpha value is -3.41. The summed E-state index contributed by atoms with van der Waals surface area (Å²) in [6.45, 7) is 2.81. The Kier molecular flexibility index (Phi) is 7.10. The Bertz CT molecular complexity index is 1330. The number of sulfonamides is 1. The zero-order valence-corrected chi connectivity index (χ0v) is 20.8. The van der Waals surface area contributed by atoms with Crippen LogP contribution in [0.5, 0.6) is 0 Å². The number of carboxylic acid groups (broad SMARTS) is 1. The van der Waals surface area contributed by atoms with Gasteiger partial charge in [0.05, 0.1) is 36.5 Å². The highest BCUT2D eigenvalue weighted by atomic mass is 32.2. The van der Waals surface area contributed by atoms with Crippen LogP contribution in [0.2, 0.25) is 0 Å². The molecule has 9 nitrogen and oxygen atoms in total. The molecule has 0 aliphatic carbocycles. The third-order valence-corrected chi connectivity index (χ3v) is 8.82. The summed E-state index contributed by atoms with van der Waals surface area (Å²) in [5.41, 5.74) is 2.19. The van der Waals surface area contributed by atoms with Gasteiger partial charge in [0, 0.05) is 25.8 Å². The number of carbonyl (C=O) groups is 2. The third kappa shape index (κ3) is 5.02. The number of carbonyl (C=O) groups excluding carboxylic acids is 1. The summed E-state index contributed by atoms with van der Waals surface area (Å²) >= 11 is 0.911. The number of esters is 1. The van der Waals surface area contributed by atoms with Gasteiger partial charge in [-0.15, -0.1) is 11.3 Å². The van der Waals surface area contributed by atoms with E-state index in [4.69, 9.17) is 4.74 Å². The molecule has 11 heteroatoms. The summed E-state index contributed by atoms with van der Waals surface area (Å²) in [6, 6.07) is 14.5. The quantitative estimate of drug-likeness (QED) is 0.474. The molecule has 1 aromatic heterocycles. The van der Waals surface area contributed by atoms with Crippen molar-refractivity contribution in [1.82, 2.24) is 0 Å². The number of methoxy groups -OCH3 is 1. The van der Waals surface area contributed by atoms with E-state index in [-0.39, 0.29) is 15.3 Å². The number of aromatic carboxylic acids is 1. The second-order valence-corrected chi connectivity index (χ2v) is 10.8. The third-order valence-electron chi connectivity index (χ3n) is 5.70. The molecule has 1 saturated heterocycles. The molecule has 0 spiro atoms. The lowest BCUT2D eigenvalue weighted by Gasteiger charge is -2.29. The van der Waals surface area contributed by atoms with Crippen LogP contribution in [0.25, 0.3) is 10.4 Å². The Balaban J connectivity index is 1.70. The molecule has 0 unspecified atom stereocenters. The molecule has 0 radical (unpaired) electrons. The largest absolute Gasteiger partial charge is 0.477 e. The summed E-state index contributed by atoms with van der Waals surface area (Å²) in [4.78, 5) is 25.7. The first-order valence-electron chi connectivity index (χ1n) is 10.7. The van der Waals surface area contributed by atoms with Crippen LogP contribution in [0.1, 0.15) is 20.0 Å². The predicted octanol–water partition coefficient (Wildman–Crippen LogP) is 3.56. The van der Waals surface area contributed by atoms with Crippen molar-refractivity contribution in [2.75, 3.05) is 49.7 Å². The van der Waals surface area contributed by atoms with Gasteiger partial charge in [-0.1, -0.05) is 12.1 Å². The maximum absolute atomic E-state index is 13.6. The van der Waals surface area contributed by atoms with Gasteiger partial charge in [-0.25, -0.2) is 18.0 Å². The molecular formula is C24H24N2O7S2. The summed E-state index contributed by atoms with van der Waals surface area (Å²) < 4.78 is 38.3. The molecule has 2 aromatic carbocycles. The van der Waals surface area contributed by atoms with Crippen LogP contribution in [-0.2, 0) is 19.5 Å². The molecule has 1 N–H and O–H groups in total. The van der Waals surface area contributed by atoms with E-state index in [9.17, 15) is 23.1 Å². The summed E-state index contributed by atoms with van der Waals surface area (Å²) in [6.07, 6.45) is 0. The van der Waals surface area contributed by atoms with E-state index in [0.29, 0.717) is 29.3 Å². The van der Waals surface area contributed by atoms with Crippen LogP contribution in [0.15, 0.2) is 59.5 Å². The Morgan fingerprint density at radius 3 is 2.26 bits per heavy atom. The fourth-order valence-corrected chi connectivity index (χ4v) is 6.46. The predicted molar refractivity (Wildman–Crippen MR) is 133 cm³/mol. The van der Waals surface area contributed by atoms with Gasteiger partial charge in [-0.3, -0.25) is 4.31 Å². The van der Waals surface area contributed by atoms with Crippen LogP contribution >= 0.6 is 11.3 Å². The number of rotatable bonds is 7. The lowest BCUT2D eigenvalue weighted by atomic mass is 10.1. The summed E-state index contributed by atoms with van der Waals surface area (Å²) in [5, 5.41) is 9.55. The minimum Gasteiger partial charge on any atom is -0.477 e. The van der Waals surface area contributed by atoms with Gasteiger partial charge in [-0.2, -0.15) is 0 Å². The van der Waals surface area contributed by atoms with Gasteiger partial charge < -0.3 is 19.5 Å². The number of ether oxygens (including phenoxy) is 2. The number of carboxylic acids is 1. The Labute approximate surface area is 207 Å². The van der Waals surface area contributed by atoms with E-state index in [0.717, 1.165) is 34.4 Å². The first-order chi connectivity index (χ1) is 16.7. The maximum Gasteiger partial charge on any atom is 0.345 e. The molecule has 2 heterocycles. The van der Waals surface area contributed by atoms with E-state index < -0.39 is 22.0 Å². The minimum absolute atomic E-state index is 0.0785. The maximum atomic E-state index is 13.6. The molecule has 184 valence electrons. The number of anilines is 2. The monoisotopic (exact) mass is 516 g/mol. The molecular weight excluding hydrogens is 492 g/mol. The van der Waals surface area contributed by atoms with E-state index in [1.54, 1.807) is 12.1 Å². The van der Waals surface area contributed by atoms with Crippen molar-refractivity contribution in [1.29, 1.82) is 0 Å². The van der Waals surface area contributed by atoms with Crippen LogP contribution < -0.4 is 9.21 Å². The topological polar surface area (TPSA) is 113 Å². The molecule has 0 atom stereocenters. The second kappa shape index (κ2) is 10.1. The van der Waals surface area contributed by atoms with Gasteiger partial charge >= 0.3 is 11.9 Å². The van der Waals surface area contributed by atoms with Crippen molar-refractivity contribution in [3.63, 3.8) is 0 Å². The molecule has 4 rings (SSSR count). The lowest BCUT2D eigenvalue weighted by molar-refractivity contribution is 0.0600. The van der Waals surface area contributed by atoms with Crippen LogP contribution in [0, 0.1) is 0 Å². The Morgan fingerprint density at radius 2 is 1.69 bits per heavy atom. The average Bonchev–Trinajstić information content (AvgIpc) is 3.35. The molecule has 0 saturated carbocycles. The number of benzene rings is 2. The van der Waals surface area contributed by atoms with E-state index in [1.165, 1.54) is 44.5 Å². The van der Waals surface area contributed by atoms with Crippen molar-refractivity contribution in [3.05, 3.63) is 65.0 Å². The van der Waals surface area contributed by atoms with Gasteiger partial charge in [0.15, 0.2) is 0 Å². The summed E-state index contributed by atoms with van der Waals surface area (Å²) in [5.74, 6) is -1.73. The van der Waals surface area contributed by atoms with Gasteiger partial charge in [0.2, 0.25) is 0 Å². The molecule has 3 aromatic rings. The van der Waals surface area contributed by atoms with Gasteiger partial charge in [0.25, 0.3) is 10.0 Å². The molecule has 1 aliphatic rings. The molecule has 0 bridgehead atoms. The fraction of sp³-hybridized carbons (Fsp3) is 0.250. The molecule has 1 aliphatic heterocycles. The standard InChI is InChI=1S/C24H24N2O7S2/c1-25(18-7-5-17(6-8-18)24(29)32-2)35(30,31)21-15-20(23(27)28)34-22(21)16-3-9-19(10-4-16)26-11-13-33-14-12-26/h3-10,15H,11-14H2,1-2H3,(H,27,28). The number of hydrogen-bond acceptors (Lipinski definition) is 8.